The molecule has 1 aliphatic heterocycles. The lowest BCUT2D eigenvalue weighted by atomic mass is 9.93. The van der Waals surface area contributed by atoms with Crippen molar-refractivity contribution in [3.05, 3.63) is 51.2 Å². The third-order valence-corrected chi connectivity index (χ3v) is 5.01. The Hall–Kier alpha value is -1.63. The maximum absolute atomic E-state index is 2.50. The number of benzene rings is 1. The van der Waals surface area contributed by atoms with Crippen molar-refractivity contribution in [1.82, 2.24) is 0 Å². The molecule has 0 bridgehead atoms. The number of aromatic nitrogens is 1. The van der Waals surface area contributed by atoms with Gasteiger partial charge in [0.05, 0.1) is 5.56 Å². The molecule has 2 aromatic rings. The summed E-state index contributed by atoms with van der Waals surface area (Å²) >= 11 is 0. The molecule has 1 aromatic carbocycles. The van der Waals surface area contributed by atoms with E-state index in [-0.39, 0.29) is 0 Å². The van der Waals surface area contributed by atoms with Gasteiger partial charge in [0.2, 0.25) is 5.69 Å². The lowest BCUT2D eigenvalue weighted by Gasteiger charge is -2.10. The summed E-state index contributed by atoms with van der Waals surface area (Å²) in [5.41, 5.74) is 13.0. The number of hydrogen-bond acceptors (Lipinski definition) is 0. The van der Waals surface area contributed by atoms with E-state index in [0.29, 0.717) is 0 Å². The third-order valence-electron chi connectivity index (χ3n) is 5.01. The molecule has 0 aliphatic carbocycles. The van der Waals surface area contributed by atoms with E-state index in [2.05, 4.69) is 58.2 Å². The fourth-order valence-corrected chi connectivity index (χ4v) is 3.38. The smallest absolute Gasteiger partial charge is 0.191 e. The van der Waals surface area contributed by atoms with E-state index in [0.717, 1.165) is 6.54 Å². The van der Waals surface area contributed by atoms with Crippen LogP contribution in [0.5, 0.6) is 0 Å². The predicted molar refractivity (Wildman–Crippen MR) is 79.6 cm³/mol. The molecule has 1 aromatic heterocycles. The van der Waals surface area contributed by atoms with Crippen LogP contribution in [0.4, 0.5) is 0 Å². The van der Waals surface area contributed by atoms with Crippen LogP contribution >= 0.6 is 0 Å². The minimum absolute atomic E-state index is 1.03. The van der Waals surface area contributed by atoms with Crippen LogP contribution < -0.4 is 4.57 Å². The maximum Gasteiger partial charge on any atom is 0.217 e. The van der Waals surface area contributed by atoms with Crippen molar-refractivity contribution in [2.24, 2.45) is 0 Å². The Bertz CT molecular complexity index is 709. The standard InChI is InChI=1S/C18H22N/c1-10-7-8-11(2)17-16(10)9-19-15(6)13(4)12(3)14(5)18(17)19/h7-8H,9H2,1-6H3/q+1. The molecule has 2 heterocycles. The van der Waals surface area contributed by atoms with Crippen LogP contribution in [0.3, 0.4) is 0 Å². The highest BCUT2D eigenvalue weighted by Crippen LogP contribution is 2.36. The molecule has 0 saturated carbocycles. The largest absolute Gasteiger partial charge is 0.217 e. The number of aryl methyl sites for hydroxylation is 2. The number of rotatable bonds is 0. The second-order valence-electron chi connectivity index (χ2n) is 5.95. The molecule has 3 rings (SSSR count). The Morgan fingerprint density at radius 2 is 1.42 bits per heavy atom. The van der Waals surface area contributed by atoms with Gasteiger partial charge in [-0.2, -0.15) is 4.57 Å². The minimum Gasteiger partial charge on any atom is -0.191 e. The number of fused-ring (bicyclic) bond motifs is 3. The Morgan fingerprint density at radius 1 is 0.789 bits per heavy atom. The van der Waals surface area contributed by atoms with Crippen LogP contribution in [0.1, 0.15) is 39.1 Å². The van der Waals surface area contributed by atoms with Gasteiger partial charge in [0.15, 0.2) is 12.2 Å². The number of nitrogens with zero attached hydrogens (tertiary/aromatic N) is 1. The zero-order valence-electron chi connectivity index (χ0n) is 12.8. The summed E-state index contributed by atoms with van der Waals surface area (Å²) in [7, 11) is 0. The molecule has 19 heavy (non-hydrogen) atoms. The Labute approximate surface area is 115 Å². The SMILES string of the molecule is Cc1ccc(C)c2c1C[n+]1c(C)c(C)c(C)c(C)c1-2. The highest BCUT2D eigenvalue weighted by Gasteiger charge is 2.34. The molecule has 1 heteroatoms. The average molecular weight is 252 g/mol. The minimum atomic E-state index is 1.03. The van der Waals surface area contributed by atoms with E-state index in [9.17, 15) is 0 Å². The second-order valence-corrected chi connectivity index (χ2v) is 5.95. The fraction of sp³-hybridized carbons (Fsp3) is 0.389. The summed E-state index contributed by atoms with van der Waals surface area (Å²) in [6, 6.07) is 4.51. The van der Waals surface area contributed by atoms with Gasteiger partial charge < -0.3 is 0 Å². The van der Waals surface area contributed by atoms with Gasteiger partial charge in [-0.1, -0.05) is 12.1 Å². The number of pyridine rings is 1. The summed E-state index contributed by atoms with van der Waals surface area (Å²) in [6.45, 7) is 14.5. The highest BCUT2D eigenvalue weighted by molar-refractivity contribution is 5.72. The van der Waals surface area contributed by atoms with Gasteiger partial charge in [-0.3, -0.25) is 0 Å². The quantitative estimate of drug-likeness (QED) is 0.535. The monoisotopic (exact) mass is 252 g/mol. The molecule has 0 unspecified atom stereocenters. The van der Waals surface area contributed by atoms with Crippen LogP contribution in [0, 0.1) is 41.5 Å². The Balaban J connectivity index is 2.46. The van der Waals surface area contributed by atoms with Crippen LogP contribution in [-0.2, 0) is 6.54 Å². The van der Waals surface area contributed by atoms with Gasteiger partial charge in [0.25, 0.3) is 0 Å². The van der Waals surface area contributed by atoms with Crippen LogP contribution in [0.25, 0.3) is 11.3 Å². The third kappa shape index (κ3) is 1.51. The fourth-order valence-electron chi connectivity index (χ4n) is 3.38. The van der Waals surface area contributed by atoms with Crippen LogP contribution in [0.2, 0.25) is 0 Å². The molecule has 0 amide bonds. The lowest BCUT2D eigenvalue weighted by molar-refractivity contribution is -0.678. The molecular weight excluding hydrogens is 230 g/mol. The lowest BCUT2D eigenvalue weighted by Crippen LogP contribution is -2.38. The van der Waals surface area contributed by atoms with E-state index in [1.807, 2.05) is 0 Å². The molecule has 0 spiro atoms. The van der Waals surface area contributed by atoms with Crippen molar-refractivity contribution in [2.75, 3.05) is 0 Å². The first kappa shape index (κ1) is 12.4. The molecule has 0 radical (unpaired) electrons. The Kier molecular flexibility index (Phi) is 2.57. The molecule has 0 atom stereocenters. The average Bonchev–Trinajstić information content (AvgIpc) is 2.80. The summed E-state index contributed by atoms with van der Waals surface area (Å²) in [6.07, 6.45) is 0. The molecular formula is C18H22N+. The van der Waals surface area contributed by atoms with E-state index < -0.39 is 0 Å². The summed E-state index contributed by atoms with van der Waals surface area (Å²) in [5.74, 6) is 0. The molecule has 0 fully saturated rings. The number of hydrogen-bond donors (Lipinski definition) is 0. The molecule has 98 valence electrons. The molecule has 0 N–H and O–H groups in total. The van der Waals surface area contributed by atoms with Crippen molar-refractivity contribution in [3.8, 4) is 11.3 Å². The zero-order chi connectivity index (χ0) is 13.9. The summed E-state index contributed by atoms with van der Waals surface area (Å²) in [4.78, 5) is 0. The molecule has 1 aliphatic rings. The molecule has 0 saturated heterocycles. The normalized spacial score (nSPS) is 12.5. The van der Waals surface area contributed by atoms with Crippen molar-refractivity contribution in [2.45, 2.75) is 48.1 Å². The van der Waals surface area contributed by atoms with Gasteiger partial charge in [-0.05, 0) is 51.3 Å². The zero-order valence-corrected chi connectivity index (χ0v) is 12.8. The van der Waals surface area contributed by atoms with E-state index in [1.165, 1.54) is 50.3 Å². The Morgan fingerprint density at radius 3 is 2.11 bits per heavy atom. The van der Waals surface area contributed by atoms with Gasteiger partial charge >= 0.3 is 0 Å². The predicted octanol–water partition coefficient (Wildman–Crippen LogP) is 3.85. The van der Waals surface area contributed by atoms with Crippen LogP contribution in [0.15, 0.2) is 12.1 Å². The van der Waals surface area contributed by atoms with E-state index >= 15 is 0 Å². The highest BCUT2D eigenvalue weighted by atomic mass is 15.0. The van der Waals surface area contributed by atoms with Crippen molar-refractivity contribution in [3.63, 3.8) is 0 Å². The van der Waals surface area contributed by atoms with Gasteiger partial charge in [0.1, 0.15) is 0 Å². The van der Waals surface area contributed by atoms with E-state index in [4.69, 9.17) is 0 Å². The first-order valence-electron chi connectivity index (χ1n) is 7.03. The maximum atomic E-state index is 2.50. The van der Waals surface area contributed by atoms with Crippen LogP contribution in [-0.4, -0.2) is 0 Å². The van der Waals surface area contributed by atoms with Crippen molar-refractivity contribution in [1.29, 1.82) is 0 Å². The van der Waals surface area contributed by atoms with Gasteiger partial charge in [0, 0.05) is 23.6 Å². The summed E-state index contributed by atoms with van der Waals surface area (Å²) < 4.78 is 2.50. The topological polar surface area (TPSA) is 3.88 Å². The van der Waals surface area contributed by atoms with Crippen molar-refractivity contribution < 1.29 is 4.57 Å². The van der Waals surface area contributed by atoms with Crippen molar-refractivity contribution >= 4 is 0 Å². The second kappa shape index (κ2) is 3.93. The first-order chi connectivity index (χ1) is 8.93. The molecule has 1 nitrogen and oxygen atoms in total. The van der Waals surface area contributed by atoms with Gasteiger partial charge in [-0.25, -0.2) is 0 Å². The van der Waals surface area contributed by atoms with E-state index in [1.54, 1.807) is 0 Å². The van der Waals surface area contributed by atoms with Gasteiger partial charge in [-0.15, -0.1) is 0 Å². The first-order valence-corrected chi connectivity index (χ1v) is 7.03. The summed E-state index contributed by atoms with van der Waals surface area (Å²) in [5, 5.41) is 0.